The van der Waals surface area contributed by atoms with E-state index >= 15 is 0 Å². The molecule has 4 unspecified atom stereocenters. The topological polar surface area (TPSA) is 51.9 Å². The zero-order valence-electron chi connectivity index (χ0n) is 11.4. The highest BCUT2D eigenvalue weighted by Crippen LogP contribution is 2.40. The van der Waals surface area contributed by atoms with Crippen LogP contribution in [0.5, 0.6) is 0 Å². The van der Waals surface area contributed by atoms with Gasteiger partial charge in [0.25, 0.3) is 0 Å². The molecule has 3 fully saturated rings. The summed E-state index contributed by atoms with van der Waals surface area (Å²) < 4.78 is 16.9. The highest BCUT2D eigenvalue weighted by Gasteiger charge is 2.46. The Morgan fingerprint density at radius 2 is 2.30 bits per heavy atom. The molecule has 4 rings (SSSR count). The van der Waals surface area contributed by atoms with Crippen molar-refractivity contribution < 1.29 is 18.7 Å². The molecule has 4 atom stereocenters. The number of carbonyl (C=O) groups excluding carboxylic acids is 1. The van der Waals surface area contributed by atoms with Gasteiger partial charge in [-0.2, -0.15) is 0 Å². The van der Waals surface area contributed by atoms with Gasteiger partial charge in [0.05, 0.1) is 37.5 Å². The van der Waals surface area contributed by atoms with Gasteiger partial charge in [0, 0.05) is 6.54 Å². The van der Waals surface area contributed by atoms with Crippen molar-refractivity contribution >= 4 is 5.91 Å². The van der Waals surface area contributed by atoms with E-state index in [-0.39, 0.29) is 24.0 Å². The Balaban J connectivity index is 1.44. The van der Waals surface area contributed by atoms with Crippen LogP contribution in [0.4, 0.5) is 0 Å². The first-order chi connectivity index (χ1) is 9.81. The van der Waals surface area contributed by atoms with Crippen molar-refractivity contribution in [3.8, 4) is 0 Å². The molecule has 1 amide bonds. The molecule has 4 heterocycles. The van der Waals surface area contributed by atoms with E-state index < -0.39 is 0 Å². The Morgan fingerprint density at radius 1 is 1.35 bits per heavy atom. The molecule has 5 heteroatoms. The maximum absolute atomic E-state index is 12.7. The van der Waals surface area contributed by atoms with E-state index in [4.69, 9.17) is 13.9 Å². The van der Waals surface area contributed by atoms with Crippen LogP contribution in [0.25, 0.3) is 0 Å². The number of carbonyl (C=O) groups is 1. The van der Waals surface area contributed by atoms with Crippen molar-refractivity contribution in [1.82, 2.24) is 4.90 Å². The predicted octanol–water partition coefficient (Wildman–Crippen LogP) is 1.75. The summed E-state index contributed by atoms with van der Waals surface area (Å²) in [5, 5.41) is 0. The summed E-state index contributed by atoms with van der Waals surface area (Å²) in [6.45, 7) is 1.82. The van der Waals surface area contributed by atoms with Gasteiger partial charge < -0.3 is 18.8 Å². The molecule has 0 aliphatic carbocycles. The summed E-state index contributed by atoms with van der Waals surface area (Å²) in [6.07, 6.45) is 5.02. The van der Waals surface area contributed by atoms with Gasteiger partial charge in [-0.05, 0) is 31.4 Å². The van der Waals surface area contributed by atoms with E-state index in [2.05, 4.69) is 0 Å². The highest BCUT2D eigenvalue weighted by atomic mass is 16.5. The molecule has 0 spiro atoms. The Bertz CT molecular complexity index is 486. The molecular formula is C15H19NO4. The Hall–Kier alpha value is -1.33. The first kappa shape index (κ1) is 12.4. The van der Waals surface area contributed by atoms with Gasteiger partial charge >= 0.3 is 0 Å². The quantitative estimate of drug-likeness (QED) is 0.826. The van der Waals surface area contributed by atoms with Crippen LogP contribution in [0.15, 0.2) is 22.8 Å². The zero-order valence-corrected chi connectivity index (χ0v) is 11.4. The lowest BCUT2D eigenvalue weighted by atomic mass is 9.88. The van der Waals surface area contributed by atoms with Gasteiger partial charge in [0.15, 0.2) is 0 Å². The Labute approximate surface area is 117 Å². The second-order valence-corrected chi connectivity index (χ2v) is 5.88. The summed E-state index contributed by atoms with van der Waals surface area (Å²) in [7, 11) is 0. The number of morpholine rings is 1. The van der Waals surface area contributed by atoms with Crippen LogP contribution in [0, 0.1) is 5.92 Å². The molecule has 0 aromatic carbocycles. The van der Waals surface area contributed by atoms with E-state index in [1.165, 1.54) is 0 Å². The average Bonchev–Trinajstić information content (AvgIpc) is 3.23. The van der Waals surface area contributed by atoms with E-state index in [0.29, 0.717) is 25.8 Å². The lowest BCUT2D eigenvalue weighted by Gasteiger charge is -2.34. The number of furan rings is 1. The molecule has 0 N–H and O–H groups in total. The molecule has 3 aliphatic rings. The fourth-order valence-electron chi connectivity index (χ4n) is 3.63. The summed E-state index contributed by atoms with van der Waals surface area (Å²) >= 11 is 0. The van der Waals surface area contributed by atoms with E-state index in [1.54, 1.807) is 6.26 Å². The molecule has 5 nitrogen and oxygen atoms in total. The highest BCUT2D eigenvalue weighted by molar-refractivity contribution is 5.80. The van der Waals surface area contributed by atoms with Crippen LogP contribution in [0.1, 0.15) is 31.1 Å². The minimum atomic E-state index is -0.137. The van der Waals surface area contributed by atoms with Crippen molar-refractivity contribution in [2.75, 3.05) is 19.7 Å². The first-order valence-corrected chi connectivity index (χ1v) is 7.40. The maximum atomic E-state index is 12.7. The fraction of sp³-hybridized carbons (Fsp3) is 0.667. The first-order valence-electron chi connectivity index (χ1n) is 7.40. The van der Waals surface area contributed by atoms with Crippen molar-refractivity contribution in [2.45, 2.75) is 37.6 Å². The number of nitrogens with zero attached hydrogens (tertiary/aromatic N) is 1. The Kier molecular flexibility index (Phi) is 3.04. The van der Waals surface area contributed by atoms with Gasteiger partial charge in [-0.15, -0.1) is 0 Å². The molecule has 1 aromatic rings. The van der Waals surface area contributed by atoms with Crippen LogP contribution in [-0.4, -0.2) is 42.7 Å². The largest absolute Gasteiger partial charge is 0.467 e. The molecule has 108 valence electrons. The van der Waals surface area contributed by atoms with Crippen LogP contribution in [0.3, 0.4) is 0 Å². The molecule has 3 saturated heterocycles. The lowest BCUT2D eigenvalue weighted by molar-refractivity contribution is -0.145. The zero-order chi connectivity index (χ0) is 13.5. The van der Waals surface area contributed by atoms with E-state index in [9.17, 15) is 4.79 Å². The number of hydrogen-bond donors (Lipinski definition) is 0. The number of amides is 1. The normalized spacial score (nSPS) is 36.5. The van der Waals surface area contributed by atoms with Gasteiger partial charge in [0.1, 0.15) is 11.9 Å². The molecule has 2 bridgehead atoms. The van der Waals surface area contributed by atoms with Crippen LogP contribution in [-0.2, 0) is 14.3 Å². The fourth-order valence-corrected chi connectivity index (χ4v) is 3.63. The van der Waals surface area contributed by atoms with Gasteiger partial charge in [0.2, 0.25) is 5.91 Å². The number of ether oxygens (including phenoxy) is 2. The van der Waals surface area contributed by atoms with Crippen molar-refractivity contribution in [3.63, 3.8) is 0 Å². The third kappa shape index (κ3) is 2.05. The minimum absolute atomic E-state index is 0.0594. The monoisotopic (exact) mass is 277 g/mol. The van der Waals surface area contributed by atoms with E-state index in [1.807, 2.05) is 17.0 Å². The molecule has 0 saturated carbocycles. The van der Waals surface area contributed by atoms with Gasteiger partial charge in [-0.1, -0.05) is 0 Å². The molecule has 3 aliphatic heterocycles. The molecule has 20 heavy (non-hydrogen) atoms. The van der Waals surface area contributed by atoms with Gasteiger partial charge in [-0.3, -0.25) is 4.79 Å². The SMILES string of the molecule is O=C(C1CC2CCC1O2)N1CCOC(c2ccco2)C1. The predicted molar refractivity (Wildman–Crippen MR) is 70.0 cm³/mol. The standard InChI is InChI=1S/C15H19NO4/c17-15(11-8-10-3-4-12(11)20-10)16-5-7-19-14(9-16)13-2-1-6-18-13/h1-2,6,10-12,14H,3-5,7-9H2. The van der Waals surface area contributed by atoms with Gasteiger partial charge in [-0.25, -0.2) is 0 Å². The summed E-state index contributed by atoms with van der Waals surface area (Å²) in [4.78, 5) is 14.6. The van der Waals surface area contributed by atoms with Crippen molar-refractivity contribution in [1.29, 1.82) is 0 Å². The van der Waals surface area contributed by atoms with Crippen LogP contribution < -0.4 is 0 Å². The van der Waals surface area contributed by atoms with Crippen LogP contribution in [0.2, 0.25) is 0 Å². The lowest BCUT2D eigenvalue weighted by Crippen LogP contribution is -2.46. The molecule has 0 radical (unpaired) electrons. The number of hydrogen-bond acceptors (Lipinski definition) is 4. The van der Waals surface area contributed by atoms with Crippen LogP contribution >= 0.6 is 0 Å². The second-order valence-electron chi connectivity index (χ2n) is 5.88. The molecular weight excluding hydrogens is 258 g/mol. The average molecular weight is 277 g/mol. The second kappa shape index (κ2) is 4.90. The van der Waals surface area contributed by atoms with Crippen molar-refractivity contribution in [2.24, 2.45) is 5.92 Å². The summed E-state index contributed by atoms with van der Waals surface area (Å²) in [5.74, 6) is 1.09. The summed E-state index contributed by atoms with van der Waals surface area (Å²) in [6, 6.07) is 3.75. The number of rotatable bonds is 2. The molecule has 1 aromatic heterocycles. The van der Waals surface area contributed by atoms with Crippen molar-refractivity contribution in [3.05, 3.63) is 24.2 Å². The third-order valence-electron chi connectivity index (χ3n) is 4.66. The Morgan fingerprint density at radius 3 is 3.00 bits per heavy atom. The number of fused-ring (bicyclic) bond motifs is 2. The smallest absolute Gasteiger partial charge is 0.228 e. The maximum Gasteiger partial charge on any atom is 0.228 e. The third-order valence-corrected chi connectivity index (χ3v) is 4.66. The van der Waals surface area contributed by atoms with E-state index in [0.717, 1.165) is 25.0 Å². The minimum Gasteiger partial charge on any atom is -0.467 e. The summed E-state index contributed by atoms with van der Waals surface area (Å²) in [5.41, 5.74) is 0.